The lowest BCUT2D eigenvalue weighted by Crippen LogP contribution is -2.54. The van der Waals surface area contributed by atoms with Crippen molar-refractivity contribution in [1.82, 2.24) is 10.2 Å². The average molecular weight is 658 g/mol. The molecule has 0 bridgehead atoms. The third kappa shape index (κ3) is 8.92. The van der Waals surface area contributed by atoms with Crippen LogP contribution in [0.4, 0.5) is 5.69 Å². The van der Waals surface area contributed by atoms with Gasteiger partial charge in [0.2, 0.25) is 11.8 Å². The molecule has 9 nitrogen and oxygen atoms in total. The van der Waals surface area contributed by atoms with Gasteiger partial charge in [-0.2, -0.15) is 0 Å². The Morgan fingerprint density at radius 3 is 2.13 bits per heavy atom. The molecule has 0 radical (unpaired) electrons. The van der Waals surface area contributed by atoms with Crippen molar-refractivity contribution < 1.29 is 27.5 Å². The van der Waals surface area contributed by atoms with E-state index in [0.717, 1.165) is 21.0 Å². The fraction of sp³-hybridized carbons (Fsp3) is 0.297. The van der Waals surface area contributed by atoms with Gasteiger partial charge in [-0.25, -0.2) is 8.42 Å². The fourth-order valence-corrected chi connectivity index (χ4v) is 6.65. The molecule has 47 heavy (non-hydrogen) atoms. The molecule has 248 valence electrons. The summed E-state index contributed by atoms with van der Waals surface area (Å²) in [4.78, 5) is 30.1. The zero-order chi connectivity index (χ0) is 34.0. The molecule has 0 aliphatic heterocycles. The second-order valence-corrected chi connectivity index (χ2v) is 13.3. The van der Waals surface area contributed by atoms with Gasteiger partial charge < -0.3 is 19.7 Å². The number of aryl methyl sites for hydroxylation is 1. The van der Waals surface area contributed by atoms with E-state index in [2.05, 4.69) is 5.32 Å². The van der Waals surface area contributed by atoms with Crippen LogP contribution in [0.2, 0.25) is 0 Å². The number of para-hydroxylation sites is 2. The lowest BCUT2D eigenvalue weighted by molar-refractivity contribution is -0.140. The summed E-state index contributed by atoms with van der Waals surface area (Å²) in [5.41, 5.74) is 2.87. The maximum atomic E-state index is 14.7. The number of ether oxygens (including phenoxy) is 2. The normalized spacial score (nSPS) is 12.4. The van der Waals surface area contributed by atoms with Crippen LogP contribution < -0.4 is 19.1 Å². The highest BCUT2D eigenvalue weighted by Gasteiger charge is 2.35. The van der Waals surface area contributed by atoms with E-state index in [1.54, 1.807) is 36.4 Å². The highest BCUT2D eigenvalue weighted by Crippen LogP contribution is 2.33. The number of nitrogens with one attached hydrogen (secondary N) is 1. The van der Waals surface area contributed by atoms with Crippen LogP contribution in [0.5, 0.6) is 11.5 Å². The summed E-state index contributed by atoms with van der Waals surface area (Å²) < 4.78 is 40.5. The van der Waals surface area contributed by atoms with Gasteiger partial charge in [-0.3, -0.25) is 13.9 Å². The molecule has 4 rings (SSSR count). The number of hydrogen-bond donors (Lipinski definition) is 1. The van der Waals surface area contributed by atoms with E-state index >= 15 is 0 Å². The standard InChI is InChI=1S/C37H43N3O6S/c1-6-28(3)38-37(42)34(24-29-14-8-7-9-15-29)39(25-30-16-12-13-27(2)23-30)36(41)26-40(33-17-10-11-18-35(33)46-5)47(43,44)32-21-19-31(45-4)20-22-32/h7-23,28,34H,6,24-26H2,1-5H3,(H,38,42)/t28-,34-/m1/s1. The number of sulfonamides is 1. The Morgan fingerprint density at radius 1 is 0.830 bits per heavy atom. The molecule has 0 aromatic heterocycles. The van der Waals surface area contributed by atoms with Crippen LogP contribution in [-0.4, -0.2) is 58.0 Å². The van der Waals surface area contributed by atoms with E-state index in [-0.39, 0.29) is 41.2 Å². The zero-order valence-corrected chi connectivity index (χ0v) is 28.4. The van der Waals surface area contributed by atoms with Crippen molar-refractivity contribution in [3.8, 4) is 11.5 Å². The Hall–Kier alpha value is -4.83. The molecule has 0 fully saturated rings. The largest absolute Gasteiger partial charge is 0.497 e. The summed E-state index contributed by atoms with van der Waals surface area (Å²) in [6.07, 6.45) is 0.942. The second kappa shape index (κ2) is 16.1. The van der Waals surface area contributed by atoms with E-state index < -0.39 is 28.5 Å². The van der Waals surface area contributed by atoms with Crippen LogP contribution in [0.25, 0.3) is 0 Å². The average Bonchev–Trinajstić information content (AvgIpc) is 3.08. The number of rotatable bonds is 15. The van der Waals surface area contributed by atoms with Gasteiger partial charge in [-0.05, 0) is 67.8 Å². The lowest BCUT2D eigenvalue weighted by atomic mass is 10.0. The first kappa shape index (κ1) is 35.0. The molecule has 2 atom stereocenters. The van der Waals surface area contributed by atoms with Gasteiger partial charge in [0.15, 0.2) is 0 Å². The molecule has 0 unspecified atom stereocenters. The number of carbonyl (C=O) groups excluding carboxylic acids is 2. The second-order valence-electron chi connectivity index (χ2n) is 11.4. The number of methoxy groups -OCH3 is 2. The smallest absolute Gasteiger partial charge is 0.264 e. The number of nitrogens with zero attached hydrogens (tertiary/aromatic N) is 2. The predicted octanol–water partition coefficient (Wildman–Crippen LogP) is 5.76. The maximum Gasteiger partial charge on any atom is 0.264 e. The summed E-state index contributed by atoms with van der Waals surface area (Å²) >= 11 is 0. The van der Waals surface area contributed by atoms with Crippen molar-refractivity contribution >= 4 is 27.5 Å². The van der Waals surface area contributed by atoms with Crippen molar-refractivity contribution in [3.05, 3.63) is 120 Å². The van der Waals surface area contributed by atoms with E-state index in [0.29, 0.717) is 12.2 Å². The molecule has 0 heterocycles. The van der Waals surface area contributed by atoms with Gasteiger partial charge >= 0.3 is 0 Å². The van der Waals surface area contributed by atoms with Gasteiger partial charge in [0.25, 0.3) is 10.0 Å². The Balaban J connectivity index is 1.84. The van der Waals surface area contributed by atoms with Crippen molar-refractivity contribution in [2.45, 2.75) is 57.1 Å². The molecular formula is C37H43N3O6S. The molecule has 0 spiro atoms. The molecule has 2 amide bonds. The first-order chi connectivity index (χ1) is 22.6. The van der Waals surface area contributed by atoms with Crippen molar-refractivity contribution in [2.24, 2.45) is 0 Å². The van der Waals surface area contributed by atoms with Gasteiger partial charge in [0.05, 0.1) is 24.8 Å². The number of hydrogen-bond acceptors (Lipinski definition) is 6. The van der Waals surface area contributed by atoms with Crippen LogP contribution >= 0.6 is 0 Å². The Kier molecular flexibility index (Phi) is 12.0. The molecule has 0 aliphatic rings. The van der Waals surface area contributed by atoms with Gasteiger partial charge in [0.1, 0.15) is 24.1 Å². The number of anilines is 1. The van der Waals surface area contributed by atoms with Crippen LogP contribution in [-0.2, 0) is 32.6 Å². The first-order valence-corrected chi connectivity index (χ1v) is 17.0. The summed E-state index contributed by atoms with van der Waals surface area (Å²) in [7, 11) is -1.36. The van der Waals surface area contributed by atoms with E-state index in [4.69, 9.17) is 9.47 Å². The summed E-state index contributed by atoms with van der Waals surface area (Å²) in [6.45, 7) is 5.35. The first-order valence-electron chi connectivity index (χ1n) is 15.6. The Morgan fingerprint density at radius 2 is 1.49 bits per heavy atom. The zero-order valence-electron chi connectivity index (χ0n) is 27.6. The maximum absolute atomic E-state index is 14.7. The molecule has 0 aliphatic carbocycles. The highest BCUT2D eigenvalue weighted by molar-refractivity contribution is 7.92. The topological polar surface area (TPSA) is 105 Å². The minimum absolute atomic E-state index is 0.0300. The third-order valence-corrected chi connectivity index (χ3v) is 9.76. The van der Waals surface area contributed by atoms with Gasteiger partial charge in [-0.1, -0.05) is 79.2 Å². The SMILES string of the molecule is CC[C@@H](C)NC(=O)[C@@H](Cc1ccccc1)N(Cc1cccc(C)c1)C(=O)CN(c1ccccc1OC)S(=O)(=O)c1ccc(OC)cc1. The fourth-order valence-electron chi connectivity index (χ4n) is 5.23. The third-order valence-electron chi connectivity index (χ3n) is 7.99. The molecule has 1 N–H and O–H groups in total. The van der Waals surface area contributed by atoms with Crippen LogP contribution in [0.1, 0.15) is 37.0 Å². The minimum Gasteiger partial charge on any atom is -0.497 e. The number of amides is 2. The minimum atomic E-state index is -4.30. The van der Waals surface area contributed by atoms with E-state index in [1.165, 1.54) is 31.3 Å². The molecular weight excluding hydrogens is 614 g/mol. The number of benzene rings is 4. The summed E-state index contributed by atoms with van der Waals surface area (Å²) in [5, 5.41) is 3.06. The van der Waals surface area contributed by atoms with Crippen LogP contribution in [0.3, 0.4) is 0 Å². The van der Waals surface area contributed by atoms with Gasteiger partial charge in [0, 0.05) is 19.0 Å². The van der Waals surface area contributed by atoms with E-state index in [1.807, 2.05) is 75.4 Å². The Bertz CT molecular complexity index is 1750. The lowest BCUT2D eigenvalue weighted by Gasteiger charge is -2.34. The summed E-state index contributed by atoms with van der Waals surface area (Å²) in [5.74, 6) is -0.0944. The predicted molar refractivity (Wildman–Crippen MR) is 184 cm³/mol. The highest BCUT2D eigenvalue weighted by atomic mass is 32.2. The molecule has 0 saturated carbocycles. The van der Waals surface area contributed by atoms with Gasteiger partial charge in [-0.15, -0.1) is 0 Å². The van der Waals surface area contributed by atoms with E-state index in [9.17, 15) is 18.0 Å². The molecule has 10 heteroatoms. The number of carbonyl (C=O) groups is 2. The molecule has 4 aromatic rings. The monoisotopic (exact) mass is 657 g/mol. The van der Waals surface area contributed by atoms with Crippen LogP contribution in [0, 0.1) is 6.92 Å². The van der Waals surface area contributed by atoms with Crippen LogP contribution in [0.15, 0.2) is 108 Å². The molecule has 4 aromatic carbocycles. The summed E-state index contributed by atoms with van der Waals surface area (Å²) in [6, 6.07) is 28.7. The van der Waals surface area contributed by atoms with Crippen molar-refractivity contribution in [2.75, 3.05) is 25.1 Å². The van der Waals surface area contributed by atoms with Crippen molar-refractivity contribution in [3.63, 3.8) is 0 Å². The Labute approximate surface area is 278 Å². The van der Waals surface area contributed by atoms with Crippen molar-refractivity contribution in [1.29, 1.82) is 0 Å². The molecule has 0 saturated heterocycles. The quantitative estimate of drug-likeness (QED) is 0.174.